The number of para-hydroxylation sites is 1. The summed E-state index contributed by atoms with van der Waals surface area (Å²) < 4.78 is 0. The molecule has 3 amide bonds. The first-order valence-electron chi connectivity index (χ1n) is 12.2. The maximum absolute atomic E-state index is 13.7. The van der Waals surface area contributed by atoms with E-state index in [1.807, 2.05) is 40.1 Å². The third-order valence-corrected chi connectivity index (χ3v) is 7.30. The molecular formula is C25H36N4O3. The van der Waals surface area contributed by atoms with E-state index in [-0.39, 0.29) is 24.3 Å². The summed E-state index contributed by atoms with van der Waals surface area (Å²) in [5.41, 5.74) is 0.326. The average molecular weight is 441 g/mol. The van der Waals surface area contributed by atoms with Crippen LogP contribution in [0.5, 0.6) is 0 Å². The fourth-order valence-electron chi connectivity index (χ4n) is 5.36. The van der Waals surface area contributed by atoms with Gasteiger partial charge in [-0.1, -0.05) is 38.0 Å². The van der Waals surface area contributed by atoms with Crippen LogP contribution in [0.1, 0.15) is 58.3 Å². The number of benzene rings is 1. The van der Waals surface area contributed by atoms with Gasteiger partial charge in [-0.2, -0.15) is 0 Å². The van der Waals surface area contributed by atoms with Gasteiger partial charge in [-0.15, -0.1) is 0 Å². The lowest BCUT2D eigenvalue weighted by atomic mass is 9.85. The van der Waals surface area contributed by atoms with Crippen molar-refractivity contribution in [1.82, 2.24) is 14.7 Å². The highest BCUT2D eigenvalue weighted by atomic mass is 16.2. The van der Waals surface area contributed by atoms with Crippen molar-refractivity contribution in [1.29, 1.82) is 0 Å². The maximum atomic E-state index is 13.7. The summed E-state index contributed by atoms with van der Waals surface area (Å²) in [4.78, 5) is 46.8. The van der Waals surface area contributed by atoms with E-state index in [9.17, 15) is 14.4 Å². The molecule has 32 heavy (non-hydrogen) atoms. The van der Waals surface area contributed by atoms with Crippen LogP contribution in [0.25, 0.3) is 0 Å². The monoisotopic (exact) mass is 440 g/mol. The van der Waals surface area contributed by atoms with Gasteiger partial charge in [-0.25, -0.2) is 0 Å². The van der Waals surface area contributed by atoms with Gasteiger partial charge in [-0.05, 0) is 44.2 Å². The Morgan fingerprint density at radius 3 is 2.22 bits per heavy atom. The van der Waals surface area contributed by atoms with Crippen LogP contribution in [0.15, 0.2) is 30.3 Å². The van der Waals surface area contributed by atoms with Crippen LogP contribution in [0.3, 0.4) is 0 Å². The van der Waals surface area contributed by atoms with Crippen molar-refractivity contribution in [2.24, 2.45) is 0 Å². The number of rotatable bonds is 7. The smallest absolute Gasteiger partial charge is 0.250 e. The molecule has 0 aromatic heterocycles. The first kappa shape index (κ1) is 22.6. The van der Waals surface area contributed by atoms with E-state index in [1.165, 1.54) is 0 Å². The number of piperidine rings is 1. The van der Waals surface area contributed by atoms with Gasteiger partial charge in [0, 0.05) is 38.3 Å². The number of unbranched alkanes of at least 4 members (excludes halogenated alkanes) is 2. The molecule has 7 heteroatoms. The van der Waals surface area contributed by atoms with Crippen molar-refractivity contribution in [2.75, 3.05) is 44.3 Å². The molecule has 3 saturated heterocycles. The van der Waals surface area contributed by atoms with Crippen molar-refractivity contribution < 1.29 is 14.4 Å². The first-order chi connectivity index (χ1) is 15.5. The van der Waals surface area contributed by atoms with Crippen molar-refractivity contribution in [2.45, 2.75) is 63.8 Å². The summed E-state index contributed by atoms with van der Waals surface area (Å²) in [5.74, 6) is 0.280. The van der Waals surface area contributed by atoms with Gasteiger partial charge < -0.3 is 19.6 Å². The van der Waals surface area contributed by atoms with Crippen LogP contribution >= 0.6 is 0 Å². The molecule has 3 heterocycles. The fourth-order valence-corrected chi connectivity index (χ4v) is 5.36. The fraction of sp³-hybridized carbons (Fsp3) is 0.640. The highest BCUT2D eigenvalue weighted by molar-refractivity contribution is 5.96. The standard InChI is InChI=1S/C25H36N4O3/c1-2-3-5-12-22(30)27-17-13-25(14-18-27)24(32)28(19-23(31)26-15-8-9-16-26)20-29(25)21-10-6-4-7-11-21/h4,6-7,10-11H,2-3,5,8-9,12-20H2,1H3. The number of carbonyl (C=O) groups is 3. The largest absolute Gasteiger partial charge is 0.342 e. The molecule has 0 saturated carbocycles. The molecule has 0 unspecified atom stereocenters. The van der Waals surface area contributed by atoms with Crippen molar-refractivity contribution in [3.8, 4) is 0 Å². The van der Waals surface area contributed by atoms with E-state index < -0.39 is 5.54 Å². The molecule has 4 rings (SSSR count). The van der Waals surface area contributed by atoms with E-state index >= 15 is 0 Å². The minimum absolute atomic E-state index is 0.0342. The zero-order valence-electron chi connectivity index (χ0n) is 19.3. The molecular weight excluding hydrogens is 404 g/mol. The minimum atomic E-state index is -0.674. The summed E-state index contributed by atoms with van der Waals surface area (Å²) in [5, 5.41) is 0. The lowest BCUT2D eigenvalue weighted by Gasteiger charge is -2.43. The predicted molar refractivity (Wildman–Crippen MR) is 124 cm³/mol. The Labute approximate surface area is 191 Å². The van der Waals surface area contributed by atoms with E-state index in [2.05, 4.69) is 11.8 Å². The van der Waals surface area contributed by atoms with E-state index in [1.54, 1.807) is 4.90 Å². The molecule has 3 aliphatic heterocycles. The third kappa shape index (κ3) is 4.48. The molecule has 0 radical (unpaired) electrons. The number of nitrogens with zero attached hydrogens (tertiary/aromatic N) is 4. The van der Waals surface area contributed by atoms with Crippen LogP contribution in [0.2, 0.25) is 0 Å². The van der Waals surface area contributed by atoms with Gasteiger partial charge in [0.2, 0.25) is 11.8 Å². The summed E-state index contributed by atoms with van der Waals surface area (Å²) >= 11 is 0. The number of carbonyl (C=O) groups excluding carboxylic acids is 3. The topological polar surface area (TPSA) is 64.2 Å². The van der Waals surface area contributed by atoms with Gasteiger partial charge in [0.25, 0.3) is 5.91 Å². The van der Waals surface area contributed by atoms with Gasteiger partial charge in [0.1, 0.15) is 12.1 Å². The first-order valence-corrected chi connectivity index (χ1v) is 12.2. The van der Waals surface area contributed by atoms with Crippen LogP contribution in [0.4, 0.5) is 5.69 Å². The zero-order valence-corrected chi connectivity index (χ0v) is 19.3. The molecule has 1 aromatic carbocycles. The number of anilines is 1. The molecule has 1 spiro atoms. The summed E-state index contributed by atoms with van der Waals surface area (Å²) in [7, 11) is 0. The Morgan fingerprint density at radius 2 is 1.56 bits per heavy atom. The number of amides is 3. The van der Waals surface area contributed by atoms with Crippen molar-refractivity contribution in [3.05, 3.63) is 30.3 Å². The maximum Gasteiger partial charge on any atom is 0.250 e. The molecule has 7 nitrogen and oxygen atoms in total. The van der Waals surface area contributed by atoms with Crippen molar-refractivity contribution in [3.63, 3.8) is 0 Å². The van der Waals surface area contributed by atoms with Crippen molar-refractivity contribution >= 4 is 23.4 Å². The Hall–Kier alpha value is -2.57. The second-order valence-electron chi connectivity index (χ2n) is 9.37. The summed E-state index contributed by atoms with van der Waals surface area (Å²) in [6.45, 7) is 5.48. The van der Waals surface area contributed by atoms with E-state index in [0.29, 0.717) is 39.0 Å². The van der Waals surface area contributed by atoms with Gasteiger partial charge in [0.15, 0.2) is 0 Å². The highest BCUT2D eigenvalue weighted by Crippen LogP contribution is 2.39. The quantitative estimate of drug-likeness (QED) is 0.612. The number of hydrogen-bond acceptors (Lipinski definition) is 4. The molecule has 0 bridgehead atoms. The van der Waals surface area contributed by atoms with Crippen LogP contribution in [-0.2, 0) is 14.4 Å². The molecule has 1 aromatic rings. The highest BCUT2D eigenvalue weighted by Gasteiger charge is 2.54. The number of hydrogen-bond donors (Lipinski definition) is 0. The van der Waals surface area contributed by atoms with Gasteiger partial charge in [0.05, 0.1) is 6.67 Å². The molecule has 0 aliphatic carbocycles. The normalized spacial score (nSPS) is 20.5. The Kier molecular flexibility index (Phi) is 7.01. The Balaban J connectivity index is 1.48. The molecule has 174 valence electrons. The molecule has 0 atom stereocenters. The predicted octanol–water partition coefficient (Wildman–Crippen LogP) is 2.86. The van der Waals surface area contributed by atoms with Crippen LogP contribution in [-0.4, -0.2) is 77.4 Å². The lowest BCUT2D eigenvalue weighted by molar-refractivity contribution is -0.141. The average Bonchev–Trinajstić information content (AvgIpc) is 3.44. The summed E-state index contributed by atoms with van der Waals surface area (Å²) in [6.07, 6.45) is 6.99. The minimum Gasteiger partial charge on any atom is -0.342 e. The van der Waals surface area contributed by atoms with Crippen LogP contribution in [0, 0.1) is 0 Å². The van der Waals surface area contributed by atoms with E-state index in [0.717, 1.165) is 50.9 Å². The number of likely N-dealkylation sites (tertiary alicyclic amines) is 2. The molecule has 0 N–H and O–H groups in total. The molecule has 3 fully saturated rings. The zero-order chi connectivity index (χ0) is 22.6. The Bertz CT molecular complexity index is 814. The summed E-state index contributed by atoms with van der Waals surface area (Å²) in [6, 6.07) is 10.0. The SMILES string of the molecule is CCCCCC(=O)N1CCC2(CC1)C(=O)N(CC(=O)N1CCCC1)CN2c1ccccc1. The second-order valence-corrected chi connectivity index (χ2v) is 9.37. The third-order valence-electron chi connectivity index (χ3n) is 7.30. The van der Waals surface area contributed by atoms with Gasteiger partial charge in [-0.3, -0.25) is 14.4 Å². The molecule has 3 aliphatic rings. The van der Waals surface area contributed by atoms with Gasteiger partial charge >= 0.3 is 0 Å². The second kappa shape index (κ2) is 9.92. The lowest BCUT2D eigenvalue weighted by Crippen LogP contribution is -2.57. The van der Waals surface area contributed by atoms with E-state index in [4.69, 9.17) is 0 Å². The van der Waals surface area contributed by atoms with Crippen LogP contribution < -0.4 is 4.90 Å². The Morgan fingerprint density at radius 1 is 0.906 bits per heavy atom.